The normalized spacial score (nSPS) is 16.6. The average Bonchev–Trinajstić information content (AvgIpc) is 2.74. The lowest BCUT2D eigenvalue weighted by atomic mass is 9.98. The number of para-hydroxylation sites is 1. The van der Waals surface area contributed by atoms with Crippen molar-refractivity contribution in [2.75, 3.05) is 11.9 Å². The Morgan fingerprint density at radius 2 is 1.87 bits per heavy atom. The van der Waals surface area contributed by atoms with Gasteiger partial charge < -0.3 is 22.1 Å². The highest BCUT2D eigenvalue weighted by atomic mass is 35.5. The van der Waals surface area contributed by atoms with Crippen molar-refractivity contribution in [3.05, 3.63) is 82.9 Å². The quantitative estimate of drug-likeness (QED) is 0.533. The zero-order valence-corrected chi connectivity index (χ0v) is 16.9. The Morgan fingerprint density at radius 1 is 1.17 bits per heavy atom. The first kappa shape index (κ1) is 21.1. The Morgan fingerprint density at radius 3 is 2.53 bits per heavy atom. The minimum absolute atomic E-state index is 0.106. The third-order valence-corrected chi connectivity index (χ3v) is 4.94. The van der Waals surface area contributed by atoms with E-state index in [9.17, 15) is 9.59 Å². The van der Waals surface area contributed by atoms with Gasteiger partial charge in [0.2, 0.25) is 5.91 Å². The molecular weight excluding hydrogens is 402 g/mol. The molecule has 0 saturated heterocycles. The number of amides is 2. The van der Waals surface area contributed by atoms with E-state index in [1.807, 2.05) is 18.2 Å². The number of nitrogens with one attached hydrogen (secondary N) is 2. The molecule has 0 fully saturated rings. The van der Waals surface area contributed by atoms with Crippen LogP contribution in [-0.4, -0.2) is 24.2 Å². The maximum absolute atomic E-state index is 12.2. The number of nitrogens with zero attached hydrogens (tertiary/aromatic N) is 1. The molecule has 1 aliphatic heterocycles. The van der Waals surface area contributed by atoms with Gasteiger partial charge in [0.1, 0.15) is 11.4 Å². The Kier molecular flexibility index (Phi) is 6.54. The number of rotatable bonds is 6. The smallest absolute Gasteiger partial charge is 0.254 e. The monoisotopic (exact) mass is 423 g/mol. The molecule has 0 aliphatic carbocycles. The van der Waals surface area contributed by atoms with Gasteiger partial charge >= 0.3 is 0 Å². The van der Waals surface area contributed by atoms with Crippen LogP contribution in [0.15, 0.2) is 71.8 Å². The first-order valence-electron chi connectivity index (χ1n) is 9.30. The van der Waals surface area contributed by atoms with Crippen LogP contribution in [0, 0.1) is 0 Å². The van der Waals surface area contributed by atoms with Crippen molar-refractivity contribution in [2.24, 2.45) is 16.5 Å². The molecule has 0 bridgehead atoms. The summed E-state index contributed by atoms with van der Waals surface area (Å²) in [6, 6.07) is 14.0. The van der Waals surface area contributed by atoms with Gasteiger partial charge in [-0.25, -0.2) is 0 Å². The Balaban J connectivity index is 1.95. The van der Waals surface area contributed by atoms with E-state index in [0.717, 1.165) is 5.56 Å². The molecule has 2 aromatic carbocycles. The van der Waals surface area contributed by atoms with E-state index in [4.69, 9.17) is 23.1 Å². The van der Waals surface area contributed by atoms with Crippen molar-refractivity contribution in [1.29, 1.82) is 0 Å². The molecular formula is C22H22ClN5O2. The summed E-state index contributed by atoms with van der Waals surface area (Å²) in [7, 11) is 0. The molecule has 2 aromatic rings. The van der Waals surface area contributed by atoms with Gasteiger partial charge in [-0.1, -0.05) is 48.5 Å². The van der Waals surface area contributed by atoms with Crippen molar-refractivity contribution in [1.82, 2.24) is 5.32 Å². The van der Waals surface area contributed by atoms with Crippen LogP contribution in [0.2, 0.25) is 5.02 Å². The maximum Gasteiger partial charge on any atom is 0.254 e. The third kappa shape index (κ3) is 4.69. The number of carbonyl (C=O) groups excluding carboxylic acids is 2. The number of aliphatic imine (C=N–C) groups is 1. The minimum atomic E-state index is -0.692. The number of halogens is 1. The molecule has 2 amide bonds. The van der Waals surface area contributed by atoms with Crippen LogP contribution < -0.4 is 22.1 Å². The first-order chi connectivity index (χ1) is 14.4. The van der Waals surface area contributed by atoms with Crippen molar-refractivity contribution in [2.45, 2.75) is 12.5 Å². The summed E-state index contributed by atoms with van der Waals surface area (Å²) in [6.07, 6.45) is 1.87. The van der Waals surface area contributed by atoms with Gasteiger partial charge in [0.15, 0.2) is 0 Å². The minimum Gasteiger partial charge on any atom is -0.397 e. The second-order valence-corrected chi connectivity index (χ2v) is 7.09. The lowest BCUT2D eigenvalue weighted by Gasteiger charge is -2.27. The van der Waals surface area contributed by atoms with Crippen molar-refractivity contribution >= 4 is 40.6 Å². The summed E-state index contributed by atoms with van der Waals surface area (Å²) in [5.74, 6) is -0.685. The van der Waals surface area contributed by atoms with E-state index in [-0.39, 0.29) is 23.2 Å². The maximum atomic E-state index is 12.2. The fraction of sp³-hybridized carbons (Fsp3) is 0.136. The number of hydrogen-bond acceptors (Lipinski definition) is 5. The molecule has 6 N–H and O–H groups in total. The van der Waals surface area contributed by atoms with Gasteiger partial charge in [-0.05, 0) is 41.8 Å². The lowest BCUT2D eigenvalue weighted by molar-refractivity contribution is -0.114. The van der Waals surface area contributed by atoms with Crippen LogP contribution in [-0.2, 0) is 9.59 Å². The molecule has 0 spiro atoms. The molecule has 0 radical (unpaired) electrons. The molecule has 3 rings (SSSR count). The lowest BCUT2D eigenvalue weighted by Crippen LogP contribution is -2.39. The largest absolute Gasteiger partial charge is 0.397 e. The van der Waals surface area contributed by atoms with Gasteiger partial charge in [0.05, 0.1) is 11.7 Å². The van der Waals surface area contributed by atoms with E-state index < -0.39 is 5.91 Å². The SMILES string of the molecule is C=CC(=O)Nc1ccccc1C1CCN=C(C(C(N)=O)=C(N)c2ccc(Cl)cc2)N1. The second kappa shape index (κ2) is 9.28. The number of nitrogens with two attached hydrogens (primary N) is 2. The summed E-state index contributed by atoms with van der Waals surface area (Å²) in [5.41, 5.74) is 14.3. The van der Waals surface area contributed by atoms with Gasteiger partial charge in [0, 0.05) is 17.3 Å². The molecule has 30 heavy (non-hydrogen) atoms. The summed E-state index contributed by atoms with van der Waals surface area (Å²) in [4.78, 5) is 28.5. The van der Waals surface area contributed by atoms with E-state index in [0.29, 0.717) is 35.1 Å². The van der Waals surface area contributed by atoms with E-state index in [1.165, 1.54) is 6.08 Å². The fourth-order valence-corrected chi connectivity index (χ4v) is 3.35. The molecule has 0 saturated carbocycles. The number of primary amides is 1. The third-order valence-electron chi connectivity index (χ3n) is 4.69. The van der Waals surface area contributed by atoms with Gasteiger partial charge in [-0.3, -0.25) is 14.6 Å². The fourth-order valence-electron chi connectivity index (χ4n) is 3.22. The van der Waals surface area contributed by atoms with Crippen molar-refractivity contribution < 1.29 is 9.59 Å². The van der Waals surface area contributed by atoms with Gasteiger partial charge in [0.25, 0.3) is 5.91 Å². The zero-order valence-electron chi connectivity index (χ0n) is 16.2. The van der Waals surface area contributed by atoms with Crippen LogP contribution in [0.1, 0.15) is 23.6 Å². The van der Waals surface area contributed by atoms with E-state index in [2.05, 4.69) is 22.2 Å². The standard InChI is InChI=1S/C22H22ClN5O2/c1-2-18(29)27-16-6-4-3-5-15(16)17-11-12-26-22(28-17)19(21(25)30)20(24)13-7-9-14(23)10-8-13/h2-10,17H,1,11-12,24H2,(H2,25,30)(H,26,28)(H,27,29). The first-order valence-corrected chi connectivity index (χ1v) is 9.67. The summed E-state index contributed by atoms with van der Waals surface area (Å²) in [6.45, 7) is 3.94. The molecule has 1 aliphatic rings. The average molecular weight is 424 g/mol. The van der Waals surface area contributed by atoms with Crippen LogP contribution in [0.4, 0.5) is 5.69 Å². The van der Waals surface area contributed by atoms with E-state index >= 15 is 0 Å². The van der Waals surface area contributed by atoms with Crippen LogP contribution in [0.5, 0.6) is 0 Å². The molecule has 0 aromatic heterocycles. The van der Waals surface area contributed by atoms with Crippen molar-refractivity contribution in [3.63, 3.8) is 0 Å². The van der Waals surface area contributed by atoms with Crippen LogP contribution in [0.3, 0.4) is 0 Å². The molecule has 154 valence electrons. The highest BCUT2D eigenvalue weighted by Crippen LogP contribution is 2.28. The number of benzene rings is 2. The number of anilines is 1. The van der Waals surface area contributed by atoms with Gasteiger partial charge in [-0.2, -0.15) is 0 Å². The highest BCUT2D eigenvalue weighted by molar-refractivity contribution is 6.30. The second-order valence-electron chi connectivity index (χ2n) is 6.66. The summed E-state index contributed by atoms with van der Waals surface area (Å²) >= 11 is 5.93. The van der Waals surface area contributed by atoms with Crippen LogP contribution in [0.25, 0.3) is 5.70 Å². The number of carbonyl (C=O) groups is 2. The number of amidine groups is 1. The topological polar surface area (TPSA) is 123 Å². The summed E-state index contributed by atoms with van der Waals surface area (Å²) in [5, 5.41) is 6.61. The van der Waals surface area contributed by atoms with Crippen LogP contribution >= 0.6 is 11.6 Å². The molecule has 8 heteroatoms. The summed E-state index contributed by atoms with van der Waals surface area (Å²) < 4.78 is 0. The predicted octanol–water partition coefficient (Wildman–Crippen LogP) is 2.75. The zero-order chi connectivity index (χ0) is 21.7. The Hall–Kier alpha value is -3.58. The molecule has 1 atom stereocenters. The number of hydrogen-bond donors (Lipinski definition) is 4. The molecule has 1 unspecified atom stereocenters. The molecule has 1 heterocycles. The van der Waals surface area contributed by atoms with Crippen molar-refractivity contribution in [3.8, 4) is 0 Å². The predicted molar refractivity (Wildman–Crippen MR) is 120 cm³/mol. The van der Waals surface area contributed by atoms with E-state index in [1.54, 1.807) is 30.3 Å². The van der Waals surface area contributed by atoms with Gasteiger partial charge in [-0.15, -0.1) is 0 Å². The Bertz CT molecular complexity index is 1040. The molecule has 7 nitrogen and oxygen atoms in total. The highest BCUT2D eigenvalue weighted by Gasteiger charge is 2.26. The Labute approximate surface area is 179 Å².